The minimum atomic E-state index is 0.218. The van der Waals surface area contributed by atoms with Crippen LogP contribution in [0, 0.1) is 0 Å². The van der Waals surface area contributed by atoms with Crippen molar-refractivity contribution in [2.45, 2.75) is 45.7 Å². The fourth-order valence-corrected chi connectivity index (χ4v) is 1.58. The highest BCUT2D eigenvalue weighted by Gasteiger charge is 2.16. The van der Waals surface area contributed by atoms with Gasteiger partial charge in [-0.25, -0.2) is 0 Å². The molecule has 0 radical (unpaired) electrons. The average Bonchev–Trinajstić information content (AvgIpc) is 2.13. The van der Waals surface area contributed by atoms with Crippen molar-refractivity contribution >= 4 is 0 Å². The minimum Gasteiger partial charge on any atom is -0.311 e. The molecule has 0 aliphatic carbocycles. The van der Waals surface area contributed by atoms with Gasteiger partial charge < -0.3 is 15.1 Å². The van der Waals surface area contributed by atoms with E-state index in [2.05, 4.69) is 64.0 Å². The third-order valence-corrected chi connectivity index (χ3v) is 2.86. The van der Waals surface area contributed by atoms with Crippen molar-refractivity contribution < 1.29 is 0 Å². The molecular weight excluding hydrogens is 198 g/mol. The van der Waals surface area contributed by atoms with Crippen molar-refractivity contribution in [1.29, 1.82) is 0 Å². The van der Waals surface area contributed by atoms with Crippen molar-refractivity contribution in [2.75, 3.05) is 40.8 Å². The third-order valence-electron chi connectivity index (χ3n) is 2.86. The Hall–Kier alpha value is -0.120. The van der Waals surface area contributed by atoms with Gasteiger partial charge >= 0.3 is 0 Å². The van der Waals surface area contributed by atoms with Crippen LogP contribution in [0.2, 0.25) is 0 Å². The van der Waals surface area contributed by atoms with Gasteiger partial charge in [0.2, 0.25) is 0 Å². The summed E-state index contributed by atoms with van der Waals surface area (Å²) in [6.07, 6.45) is 1.20. The van der Waals surface area contributed by atoms with Gasteiger partial charge in [0.15, 0.2) is 0 Å². The molecule has 0 aromatic carbocycles. The predicted molar refractivity (Wildman–Crippen MR) is 73.0 cm³/mol. The van der Waals surface area contributed by atoms with Gasteiger partial charge in [0.25, 0.3) is 0 Å². The molecule has 0 saturated heterocycles. The summed E-state index contributed by atoms with van der Waals surface area (Å²) in [5.41, 5.74) is 0.218. The lowest BCUT2D eigenvalue weighted by Gasteiger charge is -2.31. The molecule has 0 rings (SSSR count). The van der Waals surface area contributed by atoms with E-state index in [1.165, 1.54) is 6.42 Å². The van der Waals surface area contributed by atoms with E-state index in [4.69, 9.17) is 0 Å². The largest absolute Gasteiger partial charge is 0.311 e. The zero-order valence-electron chi connectivity index (χ0n) is 12.3. The van der Waals surface area contributed by atoms with E-state index in [-0.39, 0.29) is 5.54 Å². The third kappa shape index (κ3) is 8.08. The highest BCUT2D eigenvalue weighted by molar-refractivity contribution is 4.77. The molecule has 0 aromatic rings. The zero-order valence-corrected chi connectivity index (χ0v) is 12.3. The second-order valence-corrected chi connectivity index (χ2v) is 5.98. The van der Waals surface area contributed by atoms with E-state index < -0.39 is 0 Å². The minimum absolute atomic E-state index is 0.218. The molecule has 0 fully saturated rings. The van der Waals surface area contributed by atoms with Crippen LogP contribution >= 0.6 is 0 Å². The van der Waals surface area contributed by atoms with Crippen LogP contribution in [0.5, 0.6) is 0 Å². The summed E-state index contributed by atoms with van der Waals surface area (Å²) in [4.78, 5) is 4.69. The molecule has 1 atom stereocenters. The topological polar surface area (TPSA) is 18.5 Å². The molecule has 0 heterocycles. The second kappa shape index (κ2) is 7.25. The summed E-state index contributed by atoms with van der Waals surface area (Å²) in [6.45, 7) is 12.3. The first-order valence-corrected chi connectivity index (χ1v) is 6.36. The molecule has 16 heavy (non-hydrogen) atoms. The van der Waals surface area contributed by atoms with Crippen molar-refractivity contribution in [3.8, 4) is 0 Å². The molecule has 1 N–H and O–H groups in total. The number of hydrogen-bond acceptors (Lipinski definition) is 3. The number of hydrogen-bond donors (Lipinski definition) is 1. The molecule has 0 aromatic heterocycles. The lowest BCUT2D eigenvalue weighted by molar-refractivity contribution is 0.197. The van der Waals surface area contributed by atoms with Crippen molar-refractivity contribution in [3.05, 3.63) is 0 Å². The molecule has 3 nitrogen and oxygen atoms in total. The SMILES string of the molecule is CCC(CNC(C)(C)C)N(C)CCN(C)C. The highest BCUT2D eigenvalue weighted by Crippen LogP contribution is 2.04. The highest BCUT2D eigenvalue weighted by atomic mass is 15.2. The van der Waals surface area contributed by atoms with E-state index in [0.29, 0.717) is 6.04 Å². The van der Waals surface area contributed by atoms with Crippen LogP contribution < -0.4 is 5.32 Å². The Morgan fingerprint density at radius 2 is 1.62 bits per heavy atom. The number of nitrogens with zero attached hydrogens (tertiary/aromatic N) is 2. The molecule has 1 unspecified atom stereocenters. The molecule has 3 heteroatoms. The van der Waals surface area contributed by atoms with Crippen LogP contribution in [0.25, 0.3) is 0 Å². The van der Waals surface area contributed by atoms with Gasteiger partial charge in [-0.2, -0.15) is 0 Å². The Balaban J connectivity index is 3.97. The maximum Gasteiger partial charge on any atom is 0.0215 e. The molecule has 0 saturated carbocycles. The Kier molecular flexibility index (Phi) is 7.20. The smallest absolute Gasteiger partial charge is 0.0215 e. The van der Waals surface area contributed by atoms with Gasteiger partial charge in [0.05, 0.1) is 0 Å². The monoisotopic (exact) mass is 229 g/mol. The predicted octanol–water partition coefficient (Wildman–Crippen LogP) is 1.65. The Labute approximate surface area is 102 Å². The van der Waals surface area contributed by atoms with E-state index in [0.717, 1.165) is 19.6 Å². The van der Waals surface area contributed by atoms with Crippen molar-refractivity contribution in [3.63, 3.8) is 0 Å². The Morgan fingerprint density at radius 1 is 1.06 bits per heavy atom. The van der Waals surface area contributed by atoms with Crippen LogP contribution in [0.1, 0.15) is 34.1 Å². The molecule has 0 aliphatic rings. The molecule has 98 valence electrons. The Morgan fingerprint density at radius 3 is 2.00 bits per heavy atom. The normalized spacial score (nSPS) is 14.8. The quantitative estimate of drug-likeness (QED) is 0.716. The first-order chi connectivity index (χ1) is 7.26. The van der Waals surface area contributed by atoms with Gasteiger partial charge in [-0.05, 0) is 48.3 Å². The van der Waals surface area contributed by atoms with Crippen LogP contribution in [-0.4, -0.2) is 62.2 Å². The first-order valence-electron chi connectivity index (χ1n) is 6.36. The summed E-state index contributed by atoms with van der Waals surface area (Å²) < 4.78 is 0. The lowest BCUT2D eigenvalue weighted by atomic mass is 10.1. The van der Waals surface area contributed by atoms with E-state index >= 15 is 0 Å². The second-order valence-electron chi connectivity index (χ2n) is 5.98. The summed E-state index contributed by atoms with van der Waals surface area (Å²) in [5, 5.41) is 3.59. The number of rotatable bonds is 7. The fourth-order valence-electron chi connectivity index (χ4n) is 1.58. The number of nitrogens with one attached hydrogen (secondary N) is 1. The molecule has 0 aliphatic heterocycles. The van der Waals surface area contributed by atoms with Gasteiger partial charge in [-0.3, -0.25) is 0 Å². The molecule has 0 bridgehead atoms. The summed E-state index contributed by atoms with van der Waals surface area (Å²) in [6, 6.07) is 0.638. The zero-order chi connectivity index (χ0) is 12.8. The van der Waals surface area contributed by atoms with Crippen LogP contribution in [0.3, 0.4) is 0 Å². The van der Waals surface area contributed by atoms with E-state index in [1.54, 1.807) is 0 Å². The molecular formula is C13H31N3. The van der Waals surface area contributed by atoms with E-state index in [9.17, 15) is 0 Å². The maximum atomic E-state index is 3.59. The first kappa shape index (κ1) is 15.9. The standard InChI is InChI=1S/C13H31N3/c1-8-12(11-14-13(2,3)4)16(7)10-9-15(5)6/h12,14H,8-11H2,1-7H3. The van der Waals surface area contributed by atoms with Crippen molar-refractivity contribution in [1.82, 2.24) is 15.1 Å². The molecule has 0 amide bonds. The van der Waals surface area contributed by atoms with Gasteiger partial charge in [0, 0.05) is 31.2 Å². The van der Waals surface area contributed by atoms with Gasteiger partial charge in [0.1, 0.15) is 0 Å². The lowest BCUT2D eigenvalue weighted by Crippen LogP contribution is -2.47. The summed E-state index contributed by atoms with van der Waals surface area (Å²) >= 11 is 0. The summed E-state index contributed by atoms with van der Waals surface area (Å²) in [5.74, 6) is 0. The Bertz CT molecular complexity index is 173. The van der Waals surface area contributed by atoms with Gasteiger partial charge in [-0.15, -0.1) is 0 Å². The van der Waals surface area contributed by atoms with Crippen LogP contribution in [-0.2, 0) is 0 Å². The van der Waals surface area contributed by atoms with Crippen LogP contribution in [0.4, 0.5) is 0 Å². The fraction of sp³-hybridized carbons (Fsp3) is 1.00. The number of likely N-dealkylation sites (N-methyl/N-ethyl adjacent to an activating group) is 2. The molecule has 0 spiro atoms. The summed E-state index contributed by atoms with van der Waals surface area (Å²) in [7, 11) is 6.48. The van der Waals surface area contributed by atoms with Crippen LogP contribution in [0.15, 0.2) is 0 Å². The van der Waals surface area contributed by atoms with Gasteiger partial charge in [-0.1, -0.05) is 6.92 Å². The van der Waals surface area contributed by atoms with E-state index in [1.807, 2.05) is 0 Å². The average molecular weight is 229 g/mol. The maximum absolute atomic E-state index is 3.59. The van der Waals surface area contributed by atoms with Crippen molar-refractivity contribution in [2.24, 2.45) is 0 Å².